The van der Waals surface area contributed by atoms with Crippen molar-refractivity contribution in [1.82, 2.24) is 0 Å². The summed E-state index contributed by atoms with van der Waals surface area (Å²) < 4.78 is 0. The molecule has 0 saturated heterocycles. The molecule has 0 spiro atoms. The van der Waals surface area contributed by atoms with Crippen LogP contribution in [0.3, 0.4) is 0 Å². The quantitative estimate of drug-likeness (QED) is 0.446. The van der Waals surface area contributed by atoms with Crippen molar-refractivity contribution >= 4 is 0 Å². The van der Waals surface area contributed by atoms with Crippen LogP contribution in [0.25, 0.3) is 0 Å². The summed E-state index contributed by atoms with van der Waals surface area (Å²) in [6.45, 7) is 8.12. The Bertz CT molecular complexity index is 194. The molecule has 54 valence electrons. The zero-order valence-corrected chi connectivity index (χ0v) is 7.21. The molecule has 0 heterocycles. The van der Waals surface area contributed by atoms with Crippen LogP contribution >= 0.6 is 0 Å². The van der Waals surface area contributed by atoms with E-state index in [-0.39, 0.29) is 5.41 Å². The summed E-state index contributed by atoms with van der Waals surface area (Å²) in [6, 6.07) is 0. The molecule has 0 unspecified atom stereocenters. The molecule has 0 heteroatoms. The predicted molar refractivity (Wildman–Crippen MR) is 45.3 cm³/mol. The van der Waals surface area contributed by atoms with Gasteiger partial charge in [-0.2, -0.15) is 0 Å². The highest BCUT2D eigenvalue weighted by molar-refractivity contribution is 5.14. The fourth-order valence-corrected chi connectivity index (χ4v) is 0.442. The summed E-state index contributed by atoms with van der Waals surface area (Å²) in [6.07, 6.45) is 0.702. The van der Waals surface area contributed by atoms with Gasteiger partial charge in [0.05, 0.1) is 6.42 Å². The lowest BCUT2D eigenvalue weighted by Gasteiger charge is -2.06. The molecular formula is C10H14. The zero-order chi connectivity index (χ0) is 8.04. The average Bonchev–Trinajstić information content (AvgIpc) is 1.78. The fraction of sp³-hybridized carbons (Fsp3) is 0.600. The Morgan fingerprint density at radius 2 is 1.70 bits per heavy atom. The van der Waals surface area contributed by atoms with Gasteiger partial charge in [-0.25, -0.2) is 0 Å². The third kappa shape index (κ3) is 7.12. The topological polar surface area (TPSA) is 0 Å². The minimum absolute atomic E-state index is 0.120. The van der Waals surface area contributed by atoms with Crippen molar-refractivity contribution in [3.63, 3.8) is 0 Å². The minimum Gasteiger partial charge on any atom is -0.106 e. The molecule has 0 aromatic carbocycles. The van der Waals surface area contributed by atoms with Gasteiger partial charge in [0.1, 0.15) is 0 Å². The Hall–Kier alpha value is -0.880. The van der Waals surface area contributed by atoms with Crippen LogP contribution in [0.1, 0.15) is 34.1 Å². The van der Waals surface area contributed by atoms with E-state index in [4.69, 9.17) is 0 Å². The van der Waals surface area contributed by atoms with Gasteiger partial charge >= 0.3 is 0 Å². The molecule has 0 radical (unpaired) electrons. The van der Waals surface area contributed by atoms with Gasteiger partial charge in [-0.05, 0) is 27.7 Å². The molecule has 0 N–H and O–H groups in total. The van der Waals surface area contributed by atoms with Crippen LogP contribution in [0, 0.1) is 29.1 Å². The van der Waals surface area contributed by atoms with Crippen LogP contribution in [-0.4, -0.2) is 0 Å². The first-order chi connectivity index (χ1) is 4.56. The molecule has 0 aliphatic heterocycles. The van der Waals surface area contributed by atoms with Crippen molar-refractivity contribution in [2.24, 2.45) is 5.41 Å². The van der Waals surface area contributed by atoms with E-state index in [1.54, 1.807) is 0 Å². The normalized spacial score (nSPS) is 8.80. The van der Waals surface area contributed by atoms with Crippen molar-refractivity contribution in [3.05, 3.63) is 0 Å². The second-order valence-corrected chi connectivity index (χ2v) is 3.16. The van der Waals surface area contributed by atoms with Crippen molar-refractivity contribution < 1.29 is 0 Å². The molecule has 0 rings (SSSR count). The number of hydrogen-bond donors (Lipinski definition) is 0. The van der Waals surface area contributed by atoms with E-state index in [0.717, 1.165) is 0 Å². The summed E-state index contributed by atoms with van der Waals surface area (Å²) in [5.41, 5.74) is 0.120. The van der Waals surface area contributed by atoms with Gasteiger partial charge in [0.15, 0.2) is 0 Å². The molecule has 0 saturated carbocycles. The van der Waals surface area contributed by atoms with E-state index >= 15 is 0 Å². The van der Waals surface area contributed by atoms with Gasteiger partial charge in [0.2, 0.25) is 0 Å². The molecule has 10 heavy (non-hydrogen) atoms. The molecule has 0 amide bonds. The van der Waals surface area contributed by atoms with E-state index in [9.17, 15) is 0 Å². The SMILES string of the molecule is CC#CCC#CC(C)(C)C. The molecule has 0 atom stereocenters. The minimum atomic E-state index is 0.120. The van der Waals surface area contributed by atoms with E-state index in [1.165, 1.54) is 0 Å². The van der Waals surface area contributed by atoms with Gasteiger partial charge in [-0.1, -0.05) is 17.8 Å². The van der Waals surface area contributed by atoms with E-state index in [1.807, 2.05) is 6.92 Å². The highest BCUT2D eigenvalue weighted by Crippen LogP contribution is 2.09. The summed E-state index contributed by atoms with van der Waals surface area (Å²) >= 11 is 0. The smallest absolute Gasteiger partial charge is 0.0702 e. The highest BCUT2D eigenvalue weighted by Gasteiger charge is 2.02. The van der Waals surface area contributed by atoms with Gasteiger partial charge in [-0.15, -0.1) is 5.92 Å². The molecule has 0 aliphatic rings. The Kier molecular flexibility index (Phi) is 3.67. The van der Waals surface area contributed by atoms with Crippen LogP contribution in [-0.2, 0) is 0 Å². The molecule has 0 nitrogen and oxygen atoms in total. The second kappa shape index (κ2) is 4.02. The number of rotatable bonds is 0. The Morgan fingerprint density at radius 1 is 1.10 bits per heavy atom. The third-order valence-electron chi connectivity index (χ3n) is 0.817. The Balaban J connectivity index is 3.78. The summed E-state index contributed by atoms with van der Waals surface area (Å²) in [7, 11) is 0. The van der Waals surface area contributed by atoms with Crippen LogP contribution in [0.4, 0.5) is 0 Å². The second-order valence-electron chi connectivity index (χ2n) is 3.16. The van der Waals surface area contributed by atoms with E-state index in [0.29, 0.717) is 6.42 Å². The van der Waals surface area contributed by atoms with Crippen LogP contribution in [0.5, 0.6) is 0 Å². The molecule has 0 fully saturated rings. The lowest BCUT2D eigenvalue weighted by molar-refractivity contribution is 0.570. The first-order valence-electron chi connectivity index (χ1n) is 3.46. The maximum atomic E-state index is 3.10. The van der Waals surface area contributed by atoms with Crippen molar-refractivity contribution in [2.75, 3.05) is 0 Å². The first-order valence-corrected chi connectivity index (χ1v) is 3.46. The van der Waals surface area contributed by atoms with Gasteiger partial charge in [0, 0.05) is 5.41 Å². The fourth-order valence-electron chi connectivity index (χ4n) is 0.442. The first kappa shape index (κ1) is 9.12. The van der Waals surface area contributed by atoms with E-state index in [2.05, 4.69) is 44.5 Å². The summed E-state index contributed by atoms with van der Waals surface area (Å²) in [5, 5.41) is 0. The molecular weight excluding hydrogens is 120 g/mol. The van der Waals surface area contributed by atoms with Crippen LogP contribution < -0.4 is 0 Å². The third-order valence-corrected chi connectivity index (χ3v) is 0.817. The lowest BCUT2D eigenvalue weighted by atomic mass is 9.98. The molecule has 0 aliphatic carbocycles. The van der Waals surface area contributed by atoms with E-state index < -0.39 is 0 Å². The maximum absolute atomic E-state index is 3.10. The maximum Gasteiger partial charge on any atom is 0.0702 e. The standard InChI is InChI=1S/C10H14/c1-5-6-7-8-9-10(2,3)4/h7H2,1-4H3. The highest BCUT2D eigenvalue weighted by atomic mass is 14.0. The van der Waals surface area contributed by atoms with Crippen LogP contribution in [0.2, 0.25) is 0 Å². The zero-order valence-electron chi connectivity index (χ0n) is 7.21. The predicted octanol–water partition coefficient (Wildman–Crippen LogP) is 2.45. The average molecular weight is 134 g/mol. The van der Waals surface area contributed by atoms with Crippen LogP contribution in [0.15, 0.2) is 0 Å². The Labute approximate surface area is 64.0 Å². The summed E-state index contributed by atoms with van der Waals surface area (Å²) in [5.74, 6) is 11.8. The largest absolute Gasteiger partial charge is 0.106 e. The molecule has 0 bridgehead atoms. The molecule has 0 aromatic rings. The van der Waals surface area contributed by atoms with Crippen molar-refractivity contribution in [3.8, 4) is 23.7 Å². The Morgan fingerprint density at radius 3 is 2.10 bits per heavy atom. The lowest BCUT2D eigenvalue weighted by Crippen LogP contribution is -1.98. The van der Waals surface area contributed by atoms with Gasteiger partial charge in [0.25, 0.3) is 0 Å². The molecule has 0 aromatic heterocycles. The van der Waals surface area contributed by atoms with Gasteiger partial charge < -0.3 is 0 Å². The summed E-state index contributed by atoms with van der Waals surface area (Å²) in [4.78, 5) is 0. The van der Waals surface area contributed by atoms with Crippen molar-refractivity contribution in [1.29, 1.82) is 0 Å². The number of hydrogen-bond acceptors (Lipinski definition) is 0. The monoisotopic (exact) mass is 134 g/mol. The van der Waals surface area contributed by atoms with Crippen molar-refractivity contribution in [2.45, 2.75) is 34.1 Å². The van der Waals surface area contributed by atoms with Gasteiger partial charge in [-0.3, -0.25) is 0 Å².